The Bertz CT molecular complexity index is 789. The average Bonchev–Trinajstić information content (AvgIpc) is 2.63. The molecule has 1 aliphatic rings. The van der Waals surface area contributed by atoms with Gasteiger partial charge in [-0.25, -0.2) is 0 Å². The van der Waals surface area contributed by atoms with Crippen molar-refractivity contribution in [2.45, 2.75) is 0 Å². The molecule has 1 aliphatic heterocycles. The van der Waals surface area contributed by atoms with Crippen molar-refractivity contribution in [3.05, 3.63) is 54.1 Å². The van der Waals surface area contributed by atoms with Crippen molar-refractivity contribution in [2.75, 3.05) is 43.6 Å². The van der Waals surface area contributed by atoms with Crippen LogP contribution in [0.5, 0.6) is 5.75 Å². The first-order valence-electron chi connectivity index (χ1n) is 8.14. The number of para-hydroxylation sites is 2. The minimum absolute atomic E-state index is 0.0237. The van der Waals surface area contributed by atoms with Gasteiger partial charge in [0.15, 0.2) is 6.61 Å². The highest BCUT2D eigenvalue weighted by molar-refractivity contribution is 5.98. The zero-order valence-electron chi connectivity index (χ0n) is 14.4. The van der Waals surface area contributed by atoms with E-state index in [0.717, 1.165) is 11.4 Å². The van der Waals surface area contributed by atoms with Crippen molar-refractivity contribution >= 4 is 23.2 Å². The number of nitrogens with zero attached hydrogens (tertiary/aromatic N) is 2. The van der Waals surface area contributed by atoms with Crippen molar-refractivity contribution in [2.24, 2.45) is 0 Å². The van der Waals surface area contributed by atoms with E-state index in [1.807, 2.05) is 61.5 Å². The average molecular weight is 339 g/mol. The van der Waals surface area contributed by atoms with E-state index in [0.29, 0.717) is 24.4 Å². The molecule has 1 heterocycles. The fourth-order valence-corrected chi connectivity index (χ4v) is 2.71. The van der Waals surface area contributed by atoms with E-state index in [1.54, 1.807) is 11.0 Å². The molecule has 2 aromatic rings. The summed E-state index contributed by atoms with van der Waals surface area (Å²) in [7, 11) is 3.86. The van der Waals surface area contributed by atoms with Crippen LogP contribution in [0.1, 0.15) is 10.4 Å². The molecule has 2 aromatic carbocycles. The first kappa shape index (κ1) is 16.8. The van der Waals surface area contributed by atoms with E-state index in [1.165, 1.54) is 0 Å². The molecule has 0 unspecified atom stereocenters. The second kappa shape index (κ2) is 7.25. The molecule has 0 saturated heterocycles. The van der Waals surface area contributed by atoms with Gasteiger partial charge in [-0.3, -0.25) is 9.59 Å². The second-order valence-corrected chi connectivity index (χ2v) is 6.00. The summed E-state index contributed by atoms with van der Waals surface area (Å²) >= 11 is 0. The lowest BCUT2D eigenvalue weighted by Crippen LogP contribution is -2.43. The smallest absolute Gasteiger partial charge is 0.265 e. The van der Waals surface area contributed by atoms with Gasteiger partial charge in [-0.15, -0.1) is 0 Å². The highest BCUT2D eigenvalue weighted by atomic mass is 16.5. The van der Waals surface area contributed by atoms with Gasteiger partial charge in [0.1, 0.15) is 5.75 Å². The van der Waals surface area contributed by atoms with Gasteiger partial charge in [0.05, 0.1) is 5.69 Å². The summed E-state index contributed by atoms with van der Waals surface area (Å²) in [5.41, 5.74) is 2.30. The number of anilines is 2. The number of carbonyl (C=O) groups is 2. The van der Waals surface area contributed by atoms with E-state index < -0.39 is 0 Å². The van der Waals surface area contributed by atoms with E-state index in [2.05, 4.69) is 5.32 Å². The van der Waals surface area contributed by atoms with Gasteiger partial charge in [-0.2, -0.15) is 0 Å². The molecular weight excluding hydrogens is 318 g/mol. The topological polar surface area (TPSA) is 61.9 Å². The maximum Gasteiger partial charge on any atom is 0.265 e. The van der Waals surface area contributed by atoms with Gasteiger partial charge < -0.3 is 19.9 Å². The first-order valence-corrected chi connectivity index (χ1v) is 8.14. The lowest BCUT2D eigenvalue weighted by Gasteiger charge is -2.29. The van der Waals surface area contributed by atoms with Gasteiger partial charge in [0, 0.05) is 38.4 Å². The third kappa shape index (κ3) is 3.74. The van der Waals surface area contributed by atoms with Crippen LogP contribution in [-0.4, -0.2) is 45.6 Å². The number of rotatable bonds is 5. The second-order valence-electron chi connectivity index (χ2n) is 6.00. The molecule has 0 fully saturated rings. The Hall–Kier alpha value is -3.02. The minimum Gasteiger partial charge on any atom is -0.482 e. The van der Waals surface area contributed by atoms with Gasteiger partial charge in [-0.05, 0) is 30.3 Å². The molecule has 0 spiro atoms. The quantitative estimate of drug-likeness (QED) is 0.904. The first-order chi connectivity index (χ1) is 12.1. The van der Waals surface area contributed by atoms with E-state index in [4.69, 9.17) is 4.74 Å². The largest absolute Gasteiger partial charge is 0.482 e. The third-order valence-corrected chi connectivity index (χ3v) is 4.05. The third-order valence-electron chi connectivity index (χ3n) is 4.05. The Morgan fingerprint density at radius 1 is 1.20 bits per heavy atom. The van der Waals surface area contributed by atoms with Crippen LogP contribution in [0, 0.1) is 0 Å². The van der Waals surface area contributed by atoms with Crippen LogP contribution in [0.3, 0.4) is 0 Å². The fourth-order valence-electron chi connectivity index (χ4n) is 2.71. The summed E-state index contributed by atoms with van der Waals surface area (Å²) in [6, 6.07) is 14.8. The Morgan fingerprint density at radius 2 is 2.00 bits per heavy atom. The zero-order valence-corrected chi connectivity index (χ0v) is 14.4. The minimum atomic E-state index is -0.155. The maximum absolute atomic E-state index is 12.3. The predicted molar refractivity (Wildman–Crippen MR) is 97.4 cm³/mol. The molecule has 0 radical (unpaired) electrons. The number of hydrogen-bond donors (Lipinski definition) is 1. The van der Waals surface area contributed by atoms with Crippen molar-refractivity contribution < 1.29 is 14.3 Å². The fraction of sp³-hybridized carbons (Fsp3) is 0.263. The molecular formula is C19H21N3O3. The van der Waals surface area contributed by atoms with Crippen LogP contribution in [0.25, 0.3) is 0 Å². The normalized spacial score (nSPS) is 13.0. The number of ether oxygens (including phenoxy) is 1. The standard InChI is InChI=1S/C19H21N3O3/c1-21(2)15-7-5-6-14(12-15)19(24)20-10-11-22-16-8-3-4-9-17(16)25-13-18(22)23/h3-9,12H,10-11,13H2,1-2H3,(H,20,24). The summed E-state index contributed by atoms with van der Waals surface area (Å²) in [6.45, 7) is 0.791. The molecule has 130 valence electrons. The molecule has 3 rings (SSSR count). The molecule has 6 nitrogen and oxygen atoms in total. The number of amides is 2. The van der Waals surface area contributed by atoms with Crippen molar-refractivity contribution in [1.29, 1.82) is 0 Å². The molecule has 0 bridgehead atoms. The number of benzene rings is 2. The molecule has 0 atom stereocenters. The number of carbonyl (C=O) groups excluding carboxylic acids is 2. The monoisotopic (exact) mass is 339 g/mol. The Labute approximate surface area is 147 Å². The molecule has 25 heavy (non-hydrogen) atoms. The van der Waals surface area contributed by atoms with Gasteiger partial charge >= 0.3 is 0 Å². The SMILES string of the molecule is CN(C)c1cccc(C(=O)NCCN2C(=O)COc3ccccc32)c1. The maximum atomic E-state index is 12.3. The van der Waals surface area contributed by atoms with Crippen molar-refractivity contribution in [3.8, 4) is 5.75 Å². The Balaban J connectivity index is 1.62. The van der Waals surface area contributed by atoms with E-state index in [9.17, 15) is 9.59 Å². The predicted octanol–water partition coefficient (Wildman–Crippen LogP) is 1.91. The van der Waals surface area contributed by atoms with Crippen molar-refractivity contribution in [1.82, 2.24) is 5.32 Å². The van der Waals surface area contributed by atoms with Crippen LogP contribution in [0.4, 0.5) is 11.4 Å². The molecule has 2 amide bonds. The molecule has 1 N–H and O–H groups in total. The number of fused-ring (bicyclic) bond motifs is 1. The van der Waals surface area contributed by atoms with Crippen molar-refractivity contribution in [3.63, 3.8) is 0 Å². The van der Waals surface area contributed by atoms with Gasteiger partial charge in [-0.1, -0.05) is 18.2 Å². The summed E-state index contributed by atoms with van der Waals surface area (Å²) in [4.78, 5) is 28.0. The Morgan fingerprint density at radius 3 is 2.80 bits per heavy atom. The van der Waals surface area contributed by atoms with Crippen LogP contribution in [-0.2, 0) is 4.79 Å². The van der Waals surface area contributed by atoms with Crippen LogP contribution >= 0.6 is 0 Å². The molecule has 6 heteroatoms. The van der Waals surface area contributed by atoms with E-state index >= 15 is 0 Å². The van der Waals surface area contributed by atoms with Crippen LogP contribution in [0.15, 0.2) is 48.5 Å². The summed E-state index contributed by atoms with van der Waals surface area (Å²) in [6.07, 6.45) is 0. The molecule has 0 aliphatic carbocycles. The summed E-state index contributed by atoms with van der Waals surface area (Å²) < 4.78 is 5.42. The molecule has 0 saturated carbocycles. The number of hydrogen-bond acceptors (Lipinski definition) is 4. The summed E-state index contributed by atoms with van der Waals surface area (Å²) in [5, 5.41) is 2.87. The highest BCUT2D eigenvalue weighted by Crippen LogP contribution is 2.30. The summed E-state index contributed by atoms with van der Waals surface area (Å²) in [5.74, 6) is 0.423. The molecule has 0 aromatic heterocycles. The van der Waals surface area contributed by atoms with Gasteiger partial charge in [0.2, 0.25) is 0 Å². The number of nitrogens with one attached hydrogen (secondary N) is 1. The zero-order chi connectivity index (χ0) is 17.8. The lowest BCUT2D eigenvalue weighted by molar-refractivity contribution is -0.121. The van der Waals surface area contributed by atoms with Crippen LogP contribution in [0.2, 0.25) is 0 Å². The highest BCUT2D eigenvalue weighted by Gasteiger charge is 2.24. The Kier molecular flexibility index (Phi) is 4.88. The van der Waals surface area contributed by atoms with Gasteiger partial charge in [0.25, 0.3) is 11.8 Å². The van der Waals surface area contributed by atoms with E-state index in [-0.39, 0.29) is 18.4 Å². The van der Waals surface area contributed by atoms with Crippen LogP contribution < -0.4 is 19.9 Å². The lowest BCUT2D eigenvalue weighted by atomic mass is 10.2.